The number of carboxylic acid groups (broad SMARTS) is 1. The summed E-state index contributed by atoms with van der Waals surface area (Å²) in [5.41, 5.74) is 5.63. The minimum Gasteiger partial charge on any atom is -0.477 e. The first-order valence-electron chi connectivity index (χ1n) is 13.3. The molecule has 3 aromatic rings. The highest BCUT2D eigenvalue weighted by Crippen LogP contribution is 2.61. The molecule has 5 rings (SSSR count). The summed E-state index contributed by atoms with van der Waals surface area (Å²) in [5, 5.41) is 40.6. The molecule has 0 amide bonds. The van der Waals surface area contributed by atoms with E-state index in [-0.39, 0.29) is 22.5 Å². The number of aliphatic hydroxyl groups excluding tert-OH is 3. The lowest BCUT2D eigenvalue weighted by atomic mass is 10.1. The van der Waals surface area contributed by atoms with Crippen molar-refractivity contribution in [3.8, 4) is 0 Å². The van der Waals surface area contributed by atoms with Crippen LogP contribution < -0.4 is 10.3 Å². The second-order valence-electron chi connectivity index (χ2n) is 10.2. The topological polar surface area (TPSA) is 359 Å². The van der Waals surface area contributed by atoms with E-state index in [1.54, 1.807) is 0 Å². The Morgan fingerprint density at radius 2 is 1.60 bits per heavy atom. The number of hydrogen-bond donors (Lipinski definition) is 9. The quantitative estimate of drug-likeness (QED) is 0.0656. The number of ether oxygens (including phenoxy) is 2. The minimum atomic E-state index is -5.54. The maximum Gasteiger partial charge on any atom is 0.481 e. The molecule has 24 nitrogen and oxygen atoms in total. The lowest BCUT2D eigenvalue weighted by molar-refractivity contribution is -0.765. The number of hydrogen-bond acceptors (Lipinski definition) is 17. The van der Waals surface area contributed by atoms with Crippen LogP contribution in [0.1, 0.15) is 22.8 Å². The minimum absolute atomic E-state index is 0.00214. The van der Waals surface area contributed by atoms with E-state index in [2.05, 4.69) is 32.8 Å². The zero-order valence-corrected chi connectivity index (χ0v) is 26.5. The van der Waals surface area contributed by atoms with E-state index < -0.39 is 91.7 Å². The molecule has 0 aromatic carbocycles. The summed E-state index contributed by atoms with van der Waals surface area (Å²) >= 11 is 0. The zero-order chi connectivity index (χ0) is 35.2. The fourth-order valence-electron chi connectivity index (χ4n) is 4.81. The molecule has 5 heterocycles. The Labute approximate surface area is 267 Å². The second-order valence-corrected chi connectivity index (χ2v) is 14.4. The third-order valence-corrected chi connectivity index (χ3v) is 10.1. The van der Waals surface area contributed by atoms with Crippen molar-refractivity contribution in [3.63, 3.8) is 0 Å². The zero-order valence-electron chi connectivity index (χ0n) is 23.8. The van der Waals surface area contributed by atoms with Crippen molar-refractivity contribution in [1.82, 2.24) is 19.5 Å². The van der Waals surface area contributed by atoms with Crippen LogP contribution in [0.2, 0.25) is 0 Å². The predicted molar refractivity (Wildman–Crippen MR) is 149 cm³/mol. The maximum absolute atomic E-state index is 12.6. The van der Waals surface area contributed by atoms with Crippen LogP contribution in [0.3, 0.4) is 0 Å². The van der Waals surface area contributed by atoms with Crippen LogP contribution in [-0.2, 0) is 41.1 Å². The van der Waals surface area contributed by atoms with Crippen LogP contribution >= 0.6 is 23.5 Å². The summed E-state index contributed by atoms with van der Waals surface area (Å²) < 4.78 is 68.2. The van der Waals surface area contributed by atoms with Crippen molar-refractivity contribution in [2.24, 2.45) is 0 Å². The van der Waals surface area contributed by atoms with Gasteiger partial charge in [-0.3, -0.25) is 18.1 Å². The number of nitrogens with zero attached hydrogens (tertiary/aromatic N) is 5. The van der Waals surface area contributed by atoms with E-state index in [4.69, 9.17) is 15.2 Å². The predicted octanol–water partition coefficient (Wildman–Crippen LogP) is -2.30. The van der Waals surface area contributed by atoms with Gasteiger partial charge < -0.3 is 55.2 Å². The van der Waals surface area contributed by atoms with Crippen molar-refractivity contribution in [3.05, 3.63) is 42.7 Å². The third kappa shape index (κ3) is 8.12. The summed E-state index contributed by atoms with van der Waals surface area (Å²) in [4.78, 5) is 61.9. The smallest absolute Gasteiger partial charge is 0.477 e. The van der Waals surface area contributed by atoms with Gasteiger partial charge in [0, 0.05) is 6.07 Å². The number of nitrogens with two attached hydrogens (primary N) is 1. The monoisotopic (exact) mass is 745 g/mol. The van der Waals surface area contributed by atoms with E-state index in [1.165, 1.54) is 18.3 Å². The molecule has 27 heteroatoms. The molecule has 264 valence electrons. The fraction of sp³-hybridized carbons (Fsp3) is 0.476. The van der Waals surface area contributed by atoms with Gasteiger partial charge >= 0.3 is 29.4 Å². The van der Waals surface area contributed by atoms with Gasteiger partial charge in [0.2, 0.25) is 0 Å². The molecule has 10 atom stereocenters. The van der Waals surface area contributed by atoms with Crippen molar-refractivity contribution in [1.29, 1.82) is 0 Å². The molecular formula is C21H28N6O18P3+. The number of anilines is 1. The van der Waals surface area contributed by atoms with Gasteiger partial charge in [-0.2, -0.15) is 8.88 Å². The number of carbonyl (C=O) groups is 1. The van der Waals surface area contributed by atoms with E-state index in [0.29, 0.717) is 0 Å². The number of phosphoric acid groups is 3. The number of rotatable bonds is 13. The van der Waals surface area contributed by atoms with Gasteiger partial charge in [-0.05, 0) is 6.07 Å². The number of fused-ring (bicyclic) bond motifs is 1. The molecule has 2 aliphatic heterocycles. The summed E-state index contributed by atoms with van der Waals surface area (Å²) in [6.07, 6.45) is -8.76. The van der Waals surface area contributed by atoms with E-state index in [9.17, 15) is 58.5 Å². The molecule has 10 N–H and O–H groups in total. The first-order chi connectivity index (χ1) is 22.4. The molecule has 3 aromatic heterocycles. The molecule has 0 aliphatic carbocycles. The summed E-state index contributed by atoms with van der Waals surface area (Å²) in [5.74, 6) is -1.35. The van der Waals surface area contributed by atoms with Crippen LogP contribution in [0, 0.1) is 0 Å². The van der Waals surface area contributed by atoms with E-state index in [0.717, 1.165) is 28.0 Å². The van der Waals surface area contributed by atoms with Gasteiger partial charge in [-0.25, -0.2) is 33.4 Å². The average molecular weight is 745 g/mol. The van der Waals surface area contributed by atoms with Crippen molar-refractivity contribution >= 4 is 46.4 Å². The highest BCUT2D eigenvalue weighted by atomic mass is 31.3. The van der Waals surface area contributed by atoms with Gasteiger partial charge in [0.1, 0.15) is 47.9 Å². The molecule has 0 saturated carbocycles. The Hall–Kier alpha value is -2.86. The van der Waals surface area contributed by atoms with Crippen LogP contribution in [0.5, 0.6) is 0 Å². The SMILES string of the molecule is Nc1ncnc2c1ncn2[C@@H]1O[C@H](COP(=O)(O)OP(=O)(O)OCC2O[C@H]([n+]3cccc(C(=O)O)c3)[C@@H](O)[C@H]2O)[C@@H](O)[C@H]1OP(=O)(O)O. The van der Waals surface area contributed by atoms with Crippen molar-refractivity contribution in [2.75, 3.05) is 18.9 Å². The molecule has 0 bridgehead atoms. The number of phosphoric ester groups is 3. The molecule has 0 radical (unpaired) electrons. The Balaban J connectivity index is 1.21. The van der Waals surface area contributed by atoms with Gasteiger partial charge in [0.25, 0.3) is 6.23 Å². The third-order valence-electron chi connectivity index (χ3n) is 6.94. The largest absolute Gasteiger partial charge is 0.481 e. The maximum atomic E-state index is 12.6. The molecule has 0 spiro atoms. The first kappa shape index (κ1) is 36.4. The molecular weight excluding hydrogens is 717 g/mol. The standard InChI is InChI=1S/C21H27N6O18P3/c22-17-12-18(24-7-23-17)27(8-25-12)20-16(44-46(33,34)35)14(29)11(43-20)6-41-48(38,39)45-47(36,37)40-5-10-13(28)15(30)19(42-10)26-3-1-2-9(4-26)21(31)32/h1-4,7-8,10-11,13-16,19-20,28-30H,5-6H2,(H6-,22,23,24,31,32,33,34,35,36,37,38,39)/p+1/t10?,11-,13+,14-,15+,16-,19+,20-/m1/s1. The number of carboxylic acids is 1. The molecule has 2 fully saturated rings. The lowest BCUT2D eigenvalue weighted by Gasteiger charge is -2.22. The van der Waals surface area contributed by atoms with Gasteiger partial charge in [0.15, 0.2) is 36.2 Å². The van der Waals surface area contributed by atoms with Crippen LogP contribution in [0.25, 0.3) is 11.2 Å². The van der Waals surface area contributed by atoms with Crippen LogP contribution in [0.4, 0.5) is 5.82 Å². The number of aromatic carboxylic acids is 1. The molecule has 48 heavy (non-hydrogen) atoms. The van der Waals surface area contributed by atoms with Gasteiger partial charge in [0.05, 0.1) is 19.5 Å². The number of pyridine rings is 1. The second kappa shape index (κ2) is 13.8. The fourth-order valence-corrected chi connectivity index (χ4v) is 7.45. The number of aromatic nitrogens is 5. The van der Waals surface area contributed by atoms with Crippen LogP contribution in [-0.4, -0.2) is 115 Å². The summed E-state index contributed by atoms with van der Waals surface area (Å²) in [6, 6.07) is 2.58. The molecule has 2 aliphatic rings. The highest BCUT2D eigenvalue weighted by molar-refractivity contribution is 7.61. The van der Waals surface area contributed by atoms with Gasteiger partial charge in [-0.1, -0.05) is 0 Å². The Morgan fingerprint density at radius 3 is 2.23 bits per heavy atom. The number of aliphatic hydroxyl groups is 3. The van der Waals surface area contributed by atoms with E-state index in [1.807, 2.05) is 0 Å². The summed E-state index contributed by atoms with van der Waals surface area (Å²) in [6.45, 7) is -2.07. The first-order valence-corrected chi connectivity index (χ1v) is 17.8. The van der Waals surface area contributed by atoms with E-state index >= 15 is 0 Å². The summed E-state index contributed by atoms with van der Waals surface area (Å²) in [7, 11) is -16.3. The number of nitrogen functional groups attached to an aromatic ring is 1. The Morgan fingerprint density at radius 1 is 0.958 bits per heavy atom. The molecule has 3 unspecified atom stereocenters. The van der Waals surface area contributed by atoms with Gasteiger partial charge in [-0.15, -0.1) is 0 Å². The average Bonchev–Trinajstić information content (AvgIpc) is 3.64. The molecule has 2 saturated heterocycles. The Bertz CT molecular complexity index is 1810. The van der Waals surface area contributed by atoms with Crippen molar-refractivity contribution in [2.45, 2.75) is 49.1 Å². The van der Waals surface area contributed by atoms with Crippen molar-refractivity contribution < 1.29 is 90.4 Å². The van der Waals surface area contributed by atoms with Crippen LogP contribution in [0.15, 0.2) is 37.2 Å². The highest BCUT2D eigenvalue weighted by Gasteiger charge is 2.51. The Kier molecular flexibility index (Phi) is 10.5. The number of imidazole rings is 1. The normalized spacial score (nSPS) is 30.3. The lowest BCUT2D eigenvalue weighted by Crippen LogP contribution is -2.46.